The van der Waals surface area contributed by atoms with Crippen LogP contribution >= 0.6 is 0 Å². The summed E-state index contributed by atoms with van der Waals surface area (Å²) in [6, 6.07) is 25.2. The highest BCUT2D eigenvalue weighted by atomic mass is 16.5. The largest absolute Gasteiger partial charge is 0.457 e. The fourth-order valence-electron chi connectivity index (χ4n) is 2.24. The Bertz CT molecular complexity index is 896. The minimum Gasteiger partial charge on any atom is -0.457 e. The summed E-state index contributed by atoms with van der Waals surface area (Å²) in [7, 11) is 0. The maximum Gasteiger partial charge on any atom is 0.342 e. The zero-order chi connectivity index (χ0) is 17.5. The first kappa shape index (κ1) is 16.3. The summed E-state index contributed by atoms with van der Waals surface area (Å²) in [4.78, 5) is 12.4. The van der Waals surface area contributed by atoms with Crippen LogP contribution in [0, 0.1) is 11.3 Å². The van der Waals surface area contributed by atoms with Crippen LogP contribution < -0.4 is 4.74 Å². The van der Waals surface area contributed by atoms with Gasteiger partial charge in [-0.15, -0.1) is 0 Å². The van der Waals surface area contributed by atoms with E-state index in [4.69, 9.17) is 14.7 Å². The molecule has 0 saturated carbocycles. The molecule has 4 heteroatoms. The van der Waals surface area contributed by atoms with Crippen LogP contribution in [0.25, 0.3) is 0 Å². The van der Waals surface area contributed by atoms with Crippen molar-refractivity contribution < 1.29 is 14.3 Å². The summed E-state index contributed by atoms with van der Waals surface area (Å²) in [6.45, 7) is 0.129. The molecule has 3 aromatic carbocycles. The summed E-state index contributed by atoms with van der Waals surface area (Å²) in [5.41, 5.74) is 1.74. The molecule has 0 fully saturated rings. The lowest BCUT2D eigenvalue weighted by Crippen LogP contribution is -2.07. The lowest BCUT2D eigenvalue weighted by molar-refractivity contribution is 0.0470. The standard InChI is InChI=1S/C21H15NO3/c22-14-16-10-12-17(13-11-16)15-24-21(23)19-8-4-5-9-20(19)25-18-6-2-1-3-7-18/h1-13H,15H2. The van der Waals surface area contributed by atoms with Gasteiger partial charge >= 0.3 is 5.97 Å². The van der Waals surface area contributed by atoms with Crippen LogP contribution in [0.4, 0.5) is 0 Å². The fraction of sp³-hybridized carbons (Fsp3) is 0.0476. The number of esters is 1. The van der Waals surface area contributed by atoms with Crippen LogP contribution in [-0.4, -0.2) is 5.97 Å². The summed E-state index contributed by atoms with van der Waals surface area (Å²) in [5.74, 6) is 0.629. The molecule has 0 N–H and O–H groups in total. The average molecular weight is 329 g/mol. The molecular weight excluding hydrogens is 314 g/mol. The summed E-state index contributed by atoms with van der Waals surface area (Å²) >= 11 is 0. The van der Waals surface area contributed by atoms with Gasteiger partial charge in [0.05, 0.1) is 11.6 Å². The summed E-state index contributed by atoms with van der Waals surface area (Å²) < 4.78 is 11.1. The lowest BCUT2D eigenvalue weighted by Gasteiger charge is -2.11. The SMILES string of the molecule is N#Cc1ccc(COC(=O)c2ccccc2Oc2ccccc2)cc1. The second-order valence-corrected chi connectivity index (χ2v) is 5.30. The van der Waals surface area contributed by atoms with Crippen molar-refractivity contribution in [1.82, 2.24) is 0 Å². The lowest BCUT2D eigenvalue weighted by atomic mass is 10.1. The third kappa shape index (κ3) is 4.24. The average Bonchev–Trinajstić information content (AvgIpc) is 2.68. The first-order valence-electron chi connectivity index (χ1n) is 7.74. The van der Waals surface area contributed by atoms with Crippen LogP contribution in [0.5, 0.6) is 11.5 Å². The van der Waals surface area contributed by atoms with E-state index in [9.17, 15) is 4.79 Å². The van der Waals surface area contributed by atoms with Crippen molar-refractivity contribution in [3.05, 3.63) is 95.6 Å². The molecule has 0 amide bonds. The van der Waals surface area contributed by atoms with Crippen molar-refractivity contribution in [2.45, 2.75) is 6.61 Å². The van der Waals surface area contributed by atoms with Gasteiger partial charge in [0.2, 0.25) is 0 Å². The minimum absolute atomic E-state index is 0.129. The van der Waals surface area contributed by atoms with Gasteiger partial charge < -0.3 is 9.47 Å². The van der Waals surface area contributed by atoms with Gasteiger partial charge in [0.15, 0.2) is 0 Å². The van der Waals surface area contributed by atoms with Gasteiger partial charge in [-0.25, -0.2) is 4.79 Å². The molecule has 0 spiro atoms. The van der Waals surface area contributed by atoms with Gasteiger partial charge in [-0.2, -0.15) is 5.26 Å². The molecule has 122 valence electrons. The van der Waals surface area contributed by atoms with E-state index in [0.717, 1.165) is 5.56 Å². The molecule has 0 bridgehead atoms. The predicted molar refractivity (Wildman–Crippen MR) is 93.2 cm³/mol. The molecule has 0 aliphatic carbocycles. The van der Waals surface area contributed by atoms with Crippen molar-refractivity contribution in [2.24, 2.45) is 0 Å². The highest BCUT2D eigenvalue weighted by molar-refractivity contribution is 5.92. The first-order valence-corrected chi connectivity index (χ1v) is 7.74. The van der Waals surface area contributed by atoms with E-state index < -0.39 is 5.97 Å². The maximum absolute atomic E-state index is 12.4. The van der Waals surface area contributed by atoms with Crippen molar-refractivity contribution in [3.8, 4) is 17.6 Å². The van der Waals surface area contributed by atoms with E-state index in [1.807, 2.05) is 30.3 Å². The van der Waals surface area contributed by atoms with Crippen molar-refractivity contribution in [1.29, 1.82) is 5.26 Å². The van der Waals surface area contributed by atoms with Gasteiger partial charge in [-0.05, 0) is 42.0 Å². The molecule has 25 heavy (non-hydrogen) atoms. The van der Waals surface area contributed by atoms with Crippen LogP contribution in [0.15, 0.2) is 78.9 Å². The number of para-hydroxylation sites is 2. The number of rotatable bonds is 5. The number of benzene rings is 3. The number of ether oxygens (including phenoxy) is 2. The Hall–Kier alpha value is -3.58. The maximum atomic E-state index is 12.4. The Labute approximate surface area is 145 Å². The summed E-state index contributed by atoms with van der Waals surface area (Å²) in [6.07, 6.45) is 0. The van der Waals surface area contributed by atoms with Crippen LogP contribution in [0.3, 0.4) is 0 Å². The number of nitriles is 1. The highest BCUT2D eigenvalue weighted by Gasteiger charge is 2.14. The second-order valence-electron chi connectivity index (χ2n) is 5.30. The van der Waals surface area contributed by atoms with E-state index in [0.29, 0.717) is 22.6 Å². The zero-order valence-corrected chi connectivity index (χ0v) is 13.4. The molecule has 4 nitrogen and oxygen atoms in total. The van der Waals surface area contributed by atoms with Crippen molar-refractivity contribution >= 4 is 5.97 Å². The molecule has 3 rings (SSSR count). The smallest absolute Gasteiger partial charge is 0.342 e. The first-order chi connectivity index (χ1) is 12.3. The Morgan fingerprint density at radius 1 is 0.880 bits per heavy atom. The fourth-order valence-corrected chi connectivity index (χ4v) is 2.24. The third-order valence-corrected chi connectivity index (χ3v) is 3.53. The topological polar surface area (TPSA) is 59.3 Å². The molecular formula is C21H15NO3. The minimum atomic E-state index is -0.462. The normalized spacial score (nSPS) is 9.88. The van der Waals surface area contributed by atoms with E-state index in [-0.39, 0.29) is 6.61 Å². The molecule has 3 aromatic rings. The van der Waals surface area contributed by atoms with Crippen LogP contribution in [0.1, 0.15) is 21.5 Å². The second kappa shape index (κ2) is 7.80. The van der Waals surface area contributed by atoms with Crippen molar-refractivity contribution in [2.75, 3.05) is 0 Å². The van der Waals surface area contributed by atoms with Gasteiger partial charge in [-0.1, -0.05) is 42.5 Å². The molecule has 0 aromatic heterocycles. The molecule has 0 aliphatic heterocycles. The van der Waals surface area contributed by atoms with Crippen LogP contribution in [0.2, 0.25) is 0 Å². The summed E-state index contributed by atoms with van der Waals surface area (Å²) in [5, 5.41) is 8.80. The number of hydrogen-bond acceptors (Lipinski definition) is 4. The van der Waals surface area contributed by atoms with Gasteiger partial charge in [-0.3, -0.25) is 0 Å². The molecule has 0 atom stereocenters. The third-order valence-electron chi connectivity index (χ3n) is 3.53. The Balaban J connectivity index is 1.70. The molecule has 0 radical (unpaired) electrons. The Morgan fingerprint density at radius 3 is 2.28 bits per heavy atom. The highest BCUT2D eigenvalue weighted by Crippen LogP contribution is 2.25. The zero-order valence-electron chi connectivity index (χ0n) is 13.4. The van der Waals surface area contributed by atoms with E-state index in [2.05, 4.69) is 6.07 Å². The number of hydrogen-bond donors (Lipinski definition) is 0. The molecule has 0 unspecified atom stereocenters. The monoisotopic (exact) mass is 329 g/mol. The van der Waals surface area contributed by atoms with E-state index in [1.165, 1.54) is 0 Å². The quantitative estimate of drug-likeness (QED) is 0.636. The number of nitrogens with zero attached hydrogens (tertiary/aromatic N) is 1. The number of carbonyl (C=O) groups is 1. The molecule has 0 aliphatic rings. The van der Waals surface area contributed by atoms with E-state index >= 15 is 0 Å². The van der Waals surface area contributed by atoms with Gasteiger partial charge in [0.1, 0.15) is 23.7 Å². The van der Waals surface area contributed by atoms with Gasteiger partial charge in [0.25, 0.3) is 0 Å². The van der Waals surface area contributed by atoms with Crippen LogP contribution in [-0.2, 0) is 11.3 Å². The Kier molecular flexibility index (Phi) is 5.08. The predicted octanol–water partition coefficient (Wildman–Crippen LogP) is 4.71. The Morgan fingerprint density at radius 2 is 1.56 bits per heavy atom. The van der Waals surface area contributed by atoms with E-state index in [1.54, 1.807) is 48.5 Å². The number of carbonyl (C=O) groups excluding carboxylic acids is 1. The van der Waals surface area contributed by atoms with Gasteiger partial charge in [0, 0.05) is 0 Å². The molecule has 0 saturated heterocycles. The molecule has 0 heterocycles. The van der Waals surface area contributed by atoms with Crippen molar-refractivity contribution in [3.63, 3.8) is 0 Å².